The fourth-order valence-electron chi connectivity index (χ4n) is 2.14. The molecule has 1 unspecified atom stereocenters. The smallest absolute Gasteiger partial charge is 0.228 e. The van der Waals surface area contributed by atoms with E-state index in [-0.39, 0.29) is 17.7 Å². The number of rotatable bonds is 1. The Balaban J connectivity index is 1.96. The van der Waals surface area contributed by atoms with Crippen molar-refractivity contribution in [3.05, 3.63) is 11.6 Å². The average Bonchev–Trinajstić information content (AvgIpc) is 2.64. The third kappa shape index (κ3) is 2.19. The first kappa shape index (κ1) is 10.2. The normalized spacial score (nSPS) is 26.2. The van der Waals surface area contributed by atoms with Gasteiger partial charge in [0.2, 0.25) is 11.8 Å². The molecule has 2 amide bonds. The first-order valence-electron chi connectivity index (χ1n) is 5.38. The Morgan fingerprint density at radius 2 is 2.40 bits per heavy atom. The predicted molar refractivity (Wildman–Crippen MR) is 56.1 cm³/mol. The SMILES string of the molecule is CC1=CCCN(C(=O)C2CNC(=O)C2)C1. The maximum absolute atomic E-state index is 12.0. The maximum Gasteiger partial charge on any atom is 0.228 e. The van der Waals surface area contributed by atoms with Crippen molar-refractivity contribution in [3.63, 3.8) is 0 Å². The summed E-state index contributed by atoms with van der Waals surface area (Å²) in [5.74, 6) is -0.0122. The Bertz CT molecular complexity index is 323. The standard InChI is InChI=1S/C11H16N2O2/c1-8-3-2-4-13(7-8)11(15)9-5-10(14)12-6-9/h3,9H,2,4-7H2,1H3,(H,12,14). The lowest BCUT2D eigenvalue weighted by molar-refractivity contribution is -0.135. The molecule has 0 radical (unpaired) electrons. The number of amides is 2. The molecule has 2 heterocycles. The highest BCUT2D eigenvalue weighted by molar-refractivity contribution is 5.89. The van der Waals surface area contributed by atoms with Crippen molar-refractivity contribution in [3.8, 4) is 0 Å². The molecule has 1 saturated heterocycles. The van der Waals surface area contributed by atoms with Crippen LogP contribution in [0.3, 0.4) is 0 Å². The highest BCUT2D eigenvalue weighted by Gasteiger charge is 2.31. The van der Waals surface area contributed by atoms with Crippen LogP contribution in [0.1, 0.15) is 19.8 Å². The molecule has 1 fully saturated rings. The molecule has 82 valence electrons. The van der Waals surface area contributed by atoms with Crippen LogP contribution in [-0.2, 0) is 9.59 Å². The second-order valence-electron chi connectivity index (χ2n) is 4.30. The number of hydrogen-bond acceptors (Lipinski definition) is 2. The number of carbonyl (C=O) groups is 2. The maximum atomic E-state index is 12.0. The van der Waals surface area contributed by atoms with Gasteiger partial charge in [-0.3, -0.25) is 9.59 Å². The number of hydrogen-bond donors (Lipinski definition) is 1. The van der Waals surface area contributed by atoms with E-state index < -0.39 is 0 Å². The molecule has 0 saturated carbocycles. The van der Waals surface area contributed by atoms with Crippen LogP contribution in [0.5, 0.6) is 0 Å². The molecule has 0 aromatic heterocycles. The van der Waals surface area contributed by atoms with Crippen molar-refractivity contribution < 1.29 is 9.59 Å². The second kappa shape index (κ2) is 4.04. The van der Waals surface area contributed by atoms with Gasteiger partial charge in [0, 0.05) is 26.1 Å². The second-order valence-corrected chi connectivity index (χ2v) is 4.30. The summed E-state index contributed by atoms with van der Waals surface area (Å²) in [7, 11) is 0. The van der Waals surface area contributed by atoms with Crippen LogP contribution in [-0.4, -0.2) is 36.3 Å². The zero-order valence-electron chi connectivity index (χ0n) is 8.95. The first-order chi connectivity index (χ1) is 7.16. The molecule has 15 heavy (non-hydrogen) atoms. The summed E-state index contributed by atoms with van der Waals surface area (Å²) in [6, 6.07) is 0. The van der Waals surface area contributed by atoms with Gasteiger partial charge in [0.05, 0.1) is 5.92 Å². The molecule has 4 nitrogen and oxygen atoms in total. The zero-order valence-corrected chi connectivity index (χ0v) is 8.95. The van der Waals surface area contributed by atoms with Crippen molar-refractivity contribution in [2.45, 2.75) is 19.8 Å². The molecule has 2 aliphatic rings. The monoisotopic (exact) mass is 208 g/mol. The summed E-state index contributed by atoms with van der Waals surface area (Å²) < 4.78 is 0. The van der Waals surface area contributed by atoms with Gasteiger partial charge < -0.3 is 10.2 Å². The Morgan fingerprint density at radius 3 is 3.00 bits per heavy atom. The van der Waals surface area contributed by atoms with Gasteiger partial charge in [-0.15, -0.1) is 0 Å². The van der Waals surface area contributed by atoms with Gasteiger partial charge in [-0.25, -0.2) is 0 Å². The molecule has 2 rings (SSSR count). The highest BCUT2D eigenvalue weighted by atomic mass is 16.2. The molecule has 0 aromatic rings. The number of carbonyl (C=O) groups excluding carboxylic acids is 2. The van der Waals surface area contributed by atoms with Gasteiger partial charge in [-0.2, -0.15) is 0 Å². The van der Waals surface area contributed by atoms with E-state index in [1.165, 1.54) is 5.57 Å². The van der Waals surface area contributed by atoms with Crippen LogP contribution in [0.4, 0.5) is 0 Å². The minimum atomic E-state index is -0.136. The molecule has 4 heteroatoms. The summed E-state index contributed by atoms with van der Waals surface area (Å²) in [5.41, 5.74) is 1.24. The van der Waals surface area contributed by atoms with Crippen LogP contribution < -0.4 is 5.32 Å². The summed E-state index contributed by atoms with van der Waals surface area (Å²) >= 11 is 0. The third-order valence-corrected chi connectivity index (χ3v) is 2.97. The van der Waals surface area contributed by atoms with E-state index in [1.807, 2.05) is 11.8 Å². The van der Waals surface area contributed by atoms with Gasteiger partial charge in [-0.05, 0) is 13.3 Å². The van der Waals surface area contributed by atoms with Gasteiger partial charge in [0.25, 0.3) is 0 Å². The van der Waals surface area contributed by atoms with Gasteiger partial charge >= 0.3 is 0 Å². The van der Waals surface area contributed by atoms with Crippen LogP contribution in [0.2, 0.25) is 0 Å². The van der Waals surface area contributed by atoms with E-state index in [2.05, 4.69) is 11.4 Å². The van der Waals surface area contributed by atoms with E-state index in [0.717, 1.165) is 19.5 Å². The quantitative estimate of drug-likeness (QED) is 0.630. The Kier molecular flexibility index (Phi) is 2.75. The summed E-state index contributed by atoms with van der Waals surface area (Å²) in [4.78, 5) is 24.9. The summed E-state index contributed by atoms with van der Waals surface area (Å²) in [5, 5.41) is 2.70. The van der Waals surface area contributed by atoms with Gasteiger partial charge in [0.1, 0.15) is 0 Å². The van der Waals surface area contributed by atoms with E-state index in [9.17, 15) is 9.59 Å². The van der Waals surface area contributed by atoms with Crippen molar-refractivity contribution in [2.24, 2.45) is 5.92 Å². The Labute approximate surface area is 89.3 Å². The molecule has 2 aliphatic heterocycles. The molecule has 0 bridgehead atoms. The van der Waals surface area contributed by atoms with Gasteiger partial charge in [-0.1, -0.05) is 11.6 Å². The van der Waals surface area contributed by atoms with Crippen LogP contribution >= 0.6 is 0 Å². The predicted octanol–water partition coefficient (Wildman–Crippen LogP) is 0.301. The van der Waals surface area contributed by atoms with Crippen molar-refractivity contribution in [1.29, 1.82) is 0 Å². The van der Waals surface area contributed by atoms with Crippen molar-refractivity contribution >= 4 is 11.8 Å². The molecule has 0 aliphatic carbocycles. The summed E-state index contributed by atoms with van der Waals surface area (Å²) in [6.45, 7) is 4.07. The van der Waals surface area contributed by atoms with Crippen LogP contribution in [0.25, 0.3) is 0 Å². The fourth-order valence-corrected chi connectivity index (χ4v) is 2.14. The van der Waals surface area contributed by atoms with Gasteiger partial charge in [0.15, 0.2) is 0 Å². The van der Waals surface area contributed by atoms with Crippen molar-refractivity contribution in [1.82, 2.24) is 10.2 Å². The van der Waals surface area contributed by atoms with E-state index in [1.54, 1.807) is 0 Å². The first-order valence-corrected chi connectivity index (χ1v) is 5.38. The molecular formula is C11H16N2O2. The average molecular weight is 208 g/mol. The van der Waals surface area contributed by atoms with E-state index >= 15 is 0 Å². The molecule has 1 N–H and O–H groups in total. The highest BCUT2D eigenvalue weighted by Crippen LogP contribution is 2.16. The molecule has 0 aromatic carbocycles. The van der Waals surface area contributed by atoms with Crippen molar-refractivity contribution in [2.75, 3.05) is 19.6 Å². The third-order valence-electron chi connectivity index (χ3n) is 2.97. The topological polar surface area (TPSA) is 49.4 Å². The zero-order chi connectivity index (χ0) is 10.8. The fraction of sp³-hybridized carbons (Fsp3) is 0.636. The van der Waals surface area contributed by atoms with E-state index in [0.29, 0.717) is 13.0 Å². The minimum Gasteiger partial charge on any atom is -0.355 e. The largest absolute Gasteiger partial charge is 0.355 e. The van der Waals surface area contributed by atoms with E-state index in [4.69, 9.17) is 0 Å². The Morgan fingerprint density at radius 1 is 1.60 bits per heavy atom. The molecular weight excluding hydrogens is 192 g/mol. The number of nitrogens with zero attached hydrogens (tertiary/aromatic N) is 1. The summed E-state index contributed by atoms with van der Waals surface area (Å²) in [6.07, 6.45) is 3.46. The number of nitrogens with one attached hydrogen (secondary N) is 1. The lowest BCUT2D eigenvalue weighted by Gasteiger charge is -2.28. The molecule has 1 atom stereocenters. The van der Waals surface area contributed by atoms with Crippen LogP contribution in [0.15, 0.2) is 11.6 Å². The lowest BCUT2D eigenvalue weighted by Crippen LogP contribution is -2.40. The minimum absolute atomic E-state index is 0.00220. The lowest BCUT2D eigenvalue weighted by atomic mass is 10.0. The molecule has 0 spiro atoms. The Hall–Kier alpha value is -1.32. The van der Waals surface area contributed by atoms with Crippen LogP contribution in [0, 0.1) is 5.92 Å².